The summed E-state index contributed by atoms with van der Waals surface area (Å²) in [6.07, 6.45) is 13.0. The van der Waals surface area contributed by atoms with Gasteiger partial charge in [-0.2, -0.15) is 0 Å². The molecule has 1 N–H and O–H groups in total. The fraction of sp³-hybridized carbons (Fsp3) is 0.531. The van der Waals surface area contributed by atoms with Crippen molar-refractivity contribution < 1.29 is 9.90 Å². The van der Waals surface area contributed by atoms with Crippen molar-refractivity contribution in [2.75, 3.05) is 37.6 Å². The van der Waals surface area contributed by atoms with Crippen molar-refractivity contribution in [1.29, 1.82) is 0 Å². The Morgan fingerprint density at radius 2 is 1.59 bits per heavy atom. The molecular formula is C32H41N3O2. The number of carbonyl (C=O) groups is 1. The Balaban J connectivity index is 1.38. The molecule has 0 radical (unpaired) electrons. The number of anilines is 1. The Morgan fingerprint density at radius 3 is 2.38 bits per heavy atom. The second-order valence-corrected chi connectivity index (χ2v) is 11.4. The molecule has 2 aromatic carbocycles. The molecule has 1 aliphatic carbocycles. The minimum atomic E-state index is -0.846. The van der Waals surface area contributed by atoms with Crippen LogP contribution in [0.1, 0.15) is 86.0 Å². The lowest BCUT2D eigenvalue weighted by atomic mass is 9.81. The first kappa shape index (κ1) is 24.5. The number of para-hydroxylation sites is 1. The third kappa shape index (κ3) is 4.90. The van der Waals surface area contributed by atoms with Gasteiger partial charge in [0.2, 0.25) is 0 Å². The van der Waals surface area contributed by atoms with Gasteiger partial charge in [0.15, 0.2) is 0 Å². The lowest BCUT2D eigenvalue weighted by molar-refractivity contribution is 0.0697. The Labute approximate surface area is 221 Å². The highest BCUT2D eigenvalue weighted by molar-refractivity contribution is 5.99. The molecule has 2 fully saturated rings. The van der Waals surface area contributed by atoms with Gasteiger partial charge in [0.1, 0.15) is 0 Å². The number of aromatic carboxylic acids is 1. The van der Waals surface area contributed by atoms with Crippen molar-refractivity contribution in [3.8, 4) is 11.3 Å². The van der Waals surface area contributed by atoms with Crippen LogP contribution in [0.4, 0.5) is 5.69 Å². The Hall–Kier alpha value is -2.79. The number of carboxylic acid groups (broad SMARTS) is 1. The van der Waals surface area contributed by atoms with Gasteiger partial charge in [-0.3, -0.25) is 0 Å². The van der Waals surface area contributed by atoms with Crippen molar-refractivity contribution in [3.05, 3.63) is 53.6 Å². The number of rotatable bonds is 6. The van der Waals surface area contributed by atoms with E-state index in [2.05, 4.69) is 44.7 Å². The summed E-state index contributed by atoms with van der Waals surface area (Å²) in [7, 11) is 0. The number of likely N-dealkylation sites (tertiary alicyclic amines) is 1. The zero-order valence-corrected chi connectivity index (χ0v) is 22.1. The second-order valence-electron chi connectivity index (χ2n) is 11.4. The van der Waals surface area contributed by atoms with E-state index < -0.39 is 5.97 Å². The van der Waals surface area contributed by atoms with Crippen LogP contribution in [0, 0.1) is 0 Å². The standard InChI is InChI=1S/C32H41N3O2/c36-32(37)25-15-16-26-29(23-25)35-22-21-34(20-10-19-33-17-8-1-2-9-18-33)28-14-7-6-13-27(28)31(35)30(26)24-11-4-3-5-12-24/h6-7,13-16,23-24H,1-5,8-12,17-22H2,(H,36,37). The molecule has 0 unspecified atom stereocenters. The third-order valence-corrected chi connectivity index (χ3v) is 9.06. The number of fused-ring (bicyclic) bond motifs is 5. The maximum absolute atomic E-state index is 11.9. The van der Waals surface area contributed by atoms with Gasteiger partial charge in [-0.15, -0.1) is 0 Å². The van der Waals surface area contributed by atoms with Crippen LogP contribution >= 0.6 is 0 Å². The molecule has 1 saturated carbocycles. The molecule has 0 atom stereocenters. The monoisotopic (exact) mass is 499 g/mol. The Morgan fingerprint density at radius 1 is 0.838 bits per heavy atom. The molecule has 3 heterocycles. The van der Waals surface area contributed by atoms with Crippen molar-refractivity contribution in [3.63, 3.8) is 0 Å². The number of aromatic nitrogens is 1. The molecule has 6 rings (SSSR count). The first-order chi connectivity index (χ1) is 18.2. The molecule has 2 aliphatic heterocycles. The van der Waals surface area contributed by atoms with Gasteiger partial charge in [-0.05, 0) is 81.4 Å². The van der Waals surface area contributed by atoms with Crippen LogP contribution < -0.4 is 4.90 Å². The summed E-state index contributed by atoms with van der Waals surface area (Å²) >= 11 is 0. The van der Waals surface area contributed by atoms with Gasteiger partial charge < -0.3 is 19.5 Å². The van der Waals surface area contributed by atoms with Crippen LogP contribution in [0.15, 0.2) is 42.5 Å². The molecule has 37 heavy (non-hydrogen) atoms. The molecule has 0 spiro atoms. The average molecular weight is 500 g/mol. The first-order valence-corrected chi connectivity index (χ1v) is 14.7. The van der Waals surface area contributed by atoms with E-state index in [4.69, 9.17) is 0 Å². The van der Waals surface area contributed by atoms with Gasteiger partial charge in [0.25, 0.3) is 0 Å². The normalized spacial score (nSPS) is 19.3. The minimum absolute atomic E-state index is 0.384. The number of carboxylic acids is 1. The van der Waals surface area contributed by atoms with E-state index in [1.807, 2.05) is 6.07 Å². The van der Waals surface area contributed by atoms with Crippen LogP contribution in [0.5, 0.6) is 0 Å². The minimum Gasteiger partial charge on any atom is -0.478 e. The van der Waals surface area contributed by atoms with Crippen molar-refractivity contribution >= 4 is 22.6 Å². The van der Waals surface area contributed by atoms with Gasteiger partial charge in [0.05, 0.1) is 11.3 Å². The van der Waals surface area contributed by atoms with Gasteiger partial charge >= 0.3 is 5.97 Å². The highest BCUT2D eigenvalue weighted by Gasteiger charge is 2.30. The van der Waals surface area contributed by atoms with Crippen LogP contribution in [0.25, 0.3) is 22.2 Å². The maximum Gasteiger partial charge on any atom is 0.335 e. The third-order valence-electron chi connectivity index (χ3n) is 9.06. The smallest absolute Gasteiger partial charge is 0.335 e. The molecule has 0 bridgehead atoms. The van der Waals surface area contributed by atoms with E-state index in [9.17, 15) is 9.90 Å². The predicted octanol–water partition coefficient (Wildman–Crippen LogP) is 7.14. The highest BCUT2D eigenvalue weighted by atomic mass is 16.4. The Bertz CT molecular complexity index is 1250. The summed E-state index contributed by atoms with van der Waals surface area (Å²) in [5.74, 6) is -0.299. The van der Waals surface area contributed by atoms with Crippen molar-refractivity contribution in [2.45, 2.75) is 76.7 Å². The molecule has 1 aromatic heterocycles. The maximum atomic E-state index is 11.9. The topological polar surface area (TPSA) is 48.7 Å². The molecule has 5 heteroatoms. The van der Waals surface area contributed by atoms with E-state index in [-0.39, 0.29) is 0 Å². The van der Waals surface area contributed by atoms with Gasteiger partial charge in [-0.1, -0.05) is 56.4 Å². The summed E-state index contributed by atoms with van der Waals surface area (Å²) in [6, 6.07) is 14.8. The van der Waals surface area contributed by atoms with Crippen molar-refractivity contribution in [2.24, 2.45) is 0 Å². The van der Waals surface area contributed by atoms with Crippen LogP contribution in [0.2, 0.25) is 0 Å². The summed E-state index contributed by atoms with van der Waals surface area (Å²) in [5, 5.41) is 11.0. The fourth-order valence-corrected chi connectivity index (χ4v) is 7.20. The van der Waals surface area contributed by atoms with Gasteiger partial charge in [0, 0.05) is 41.8 Å². The van der Waals surface area contributed by atoms with E-state index in [1.54, 1.807) is 6.07 Å². The zero-order chi connectivity index (χ0) is 25.2. The van der Waals surface area contributed by atoms with E-state index >= 15 is 0 Å². The summed E-state index contributed by atoms with van der Waals surface area (Å²) < 4.78 is 2.46. The number of hydrogen-bond donors (Lipinski definition) is 1. The van der Waals surface area contributed by atoms with Crippen LogP contribution in [-0.4, -0.2) is 53.3 Å². The average Bonchev–Trinajstić information content (AvgIpc) is 3.06. The fourth-order valence-electron chi connectivity index (χ4n) is 7.20. The summed E-state index contributed by atoms with van der Waals surface area (Å²) in [5.41, 5.74) is 6.95. The predicted molar refractivity (Wildman–Crippen MR) is 152 cm³/mol. The van der Waals surface area contributed by atoms with Gasteiger partial charge in [-0.25, -0.2) is 4.79 Å². The number of hydrogen-bond acceptors (Lipinski definition) is 3. The van der Waals surface area contributed by atoms with Crippen LogP contribution in [-0.2, 0) is 6.54 Å². The summed E-state index contributed by atoms with van der Waals surface area (Å²) in [6.45, 7) is 6.60. The van der Waals surface area contributed by atoms with Crippen molar-refractivity contribution in [1.82, 2.24) is 9.47 Å². The largest absolute Gasteiger partial charge is 0.478 e. The first-order valence-electron chi connectivity index (χ1n) is 14.7. The lowest BCUT2D eigenvalue weighted by Gasteiger charge is -2.27. The second kappa shape index (κ2) is 10.9. The number of benzene rings is 2. The van der Waals surface area contributed by atoms with E-state index in [1.165, 1.54) is 112 Å². The molecule has 1 saturated heterocycles. The quantitative estimate of drug-likeness (QED) is 0.392. The molecule has 3 aliphatic rings. The molecule has 5 nitrogen and oxygen atoms in total. The Kier molecular flexibility index (Phi) is 7.23. The van der Waals surface area contributed by atoms with E-state index in [0.29, 0.717) is 11.5 Å². The van der Waals surface area contributed by atoms with Crippen LogP contribution in [0.3, 0.4) is 0 Å². The summed E-state index contributed by atoms with van der Waals surface area (Å²) in [4.78, 5) is 17.2. The molecule has 3 aromatic rings. The lowest BCUT2D eigenvalue weighted by Crippen LogP contribution is -2.32. The SMILES string of the molecule is O=C(O)c1ccc2c(C3CCCCC3)c3n(c2c1)CCN(CCCN1CCCCCC1)c1ccccc1-3. The highest BCUT2D eigenvalue weighted by Crippen LogP contribution is 2.47. The molecule has 196 valence electrons. The molecule has 0 amide bonds. The number of nitrogens with zero attached hydrogens (tertiary/aromatic N) is 3. The van der Waals surface area contributed by atoms with E-state index in [0.717, 1.165) is 25.2 Å². The molecular weight excluding hydrogens is 458 g/mol. The zero-order valence-electron chi connectivity index (χ0n) is 22.1.